The Balaban J connectivity index is 1.37. The van der Waals surface area contributed by atoms with Gasteiger partial charge in [0.15, 0.2) is 3.77 Å². The number of hydrogen-bond acceptors (Lipinski definition) is 2. The van der Waals surface area contributed by atoms with Gasteiger partial charge in [-0.2, -0.15) is 0 Å². The van der Waals surface area contributed by atoms with Crippen LogP contribution in [0, 0.1) is 27.4 Å². The normalized spacial score (nSPS) is 43.7. The van der Waals surface area contributed by atoms with Crippen LogP contribution < -0.4 is 5.32 Å². The van der Waals surface area contributed by atoms with Gasteiger partial charge in [-0.05, 0) is 77.7 Å². The molecule has 3 fully saturated rings. The summed E-state index contributed by atoms with van der Waals surface area (Å²) in [5.41, 5.74) is 0. The Morgan fingerprint density at radius 3 is 2.62 bits per heavy atom. The standard InChI is InChI=1S/C13H16INO/c14-10-4-3-9(16-10)6-15-13-11-7-1-2-8(5-7)12(11)13/h3-4,7-8,11-13,15H,1-2,5-6H2. The second-order valence-corrected chi connectivity index (χ2v) is 6.66. The van der Waals surface area contributed by atoms with Gasteiger partial charge in [-0.1, -0.05) is 0 Å². The predicted molar refractivity (Wildman–Crippen MR) is 69.9 cm³/mol. The summed E-state index contributed by atoms with van der Waals surface area (Å²) >= 11 is 2.22. The fourth-order valence-electron chi connectivity index (χ4n) is 4.26. The lowest BCUT2D eigenvalue weighted by Gasteiger charge is -2.09. The summed E-state index contributed by atoms with van der Waals surface area (Å²) in [5, 5.41) is 3.69. The largest absolute Gasteiger partial charge is 0.454 e. The molecule has 0 aliphatic heterocycles. The van der Waals surface area contributed by atoms with E-state index in [4.69, 9.17) is 4.42 Å². The van der Waals surface area contributed by atoms with Crippen LogP contribution in [-0.2, 0) is 6.54 Å². The minimum atomic E-state index is 0.814. The van der Waals surface area contributed by atoms with Crippen LogP contribution in [0.5, 0.6) is 0 Å². The van der Waals surface area contributed by atoms with Crippen molar-refractivity contribution in [2.24, 2.45) is 23.7 Å². The summed E-state index contributed by atoms with van der Waals surface area (Å²) in [5.74, 6) is 5.25. The Kier molecular flexibility index (Phi) is 2.16. The quantitative estimate of drug-likeness (QED) is 0.863. The first kappa shape index (κ1) is 9.95. The van der Waals surface area contributed by atoms with Crippen molar-refractivity contribution in [1.29, 1.82) is 0 Å². The summed E-state index contributed by atoms with van der Waals surface area (Å²) in [6.07, 6.45) is 4.54. The zero-order valence-corrected chi connectivity index (χ0v) is 11.3. The minimum Gasteiger partial charge on any atom is -0.454 e. The maximum absolute atomic E-state index is 5.58. The van der Waals surface area contributed by atoms with Gasteiger partial charge in [0.05, 0.1) is 6.54 Å². The fraction of sp³-hybridized carbons (Fsp3) is 0.692. The van der Waals surface area contributed by atoms with Gasteiger partial charge in [-0.3, -0.25) is 0 Å². The first-order chi connectivity index (χ1) is 7.83. The third kappa shape index (κ3) is 1.40. The third-order valence-electron chi connectivity index (χ3n) is 4.88. The molecule has 0 spiro atoms. The molecule has 3 heteroatoms. The van der Waals surface area contributed by atoms with Gasteiger partial charge in [0.25, 0.3) is 0 Å². The van der Waals surface area contributed by atoms with Crippen molar-refractivity contribution in [3.05, 3.63) is 21.7 Å². The number of rotatable bonds is 3. The average molecular weight is 329 g/mol. The van der Waals surface area contributed by atoms with Crippen LogP contribution in [0.4, 0.5) is 0 Å². The summed E-state index contributed by atoms with van der Waals surface area (Å²) in [6, 6.07) is 4.94. The second-order valence-electron chi connectivity index (χ2n) is 5.60. The zero-order chi connectivity index (χ0) is 10.7. The van der Waals surface area contributed by atoms with E-state index in [1.54, 1.807) is 0 Å². The molecule has 2 nitrogen and oxygen atoms in total. The number of halogens is 1. The molecule has 1 aromatic rings. The van der Waals surface area contributed by atoms with Crippen LogP contribution >= 0.6 is 22.6 Å². The lowest BCUT2D eigenvalue weighted by atomic mass is 10.0. The van der Waals surface area contributed by atoms with Crippen LogP contribution in [0.15, 0.2) is 16.5 Å². The highest BCUT2D eigenvalue weighted by molar-refractivity contribution is 14.1. The topological polar surface area (TPSA) is 25.2 Å². The summed E-state index contributed by atoms with van der Waals surface area (Å²) in [6.45, 7) is 0.917. The van der Waals surface area contributed by atoms with Crippen molar-refractivity contribution in [1.82, 2.24) is 5.32 Å². The highest BCUT2D eigenvalue weighted by atomic mass is 127. The predicted octanol–water partition coefficient (Wildman–Crippen LogP) is 3.02. The van der Waals surface area contributed by atoms with E-state index in [0.29, 0.717) is 0 Å². The van der Waals surface area contributed by atoms with E-state index < -0.39 is 0 Å². The molecule has 0 aromatic carbocycles. The fourth-order valence-corrected chi connectivity index (χ4v) is 4.73. The van der Waals surface area contributed by atoms with E-state index in [1.807, 2.05) is 6.07 Å². The zero-order valence-electron chi connectivity index (χ0n) is 9.16. The smallest absolute Gasteiger partial charge is 0.164 e. The number of nitrogens with one attached hydrogen (secondary N) is 1. The molecule has 4 atom stereocenters. The second kappa shape index (κ2) is 3.48. The first-order valence-corrected chi connectivity index (χ1v) is 7.38. The van der Waals surface area contributed by atoms with Crippen molar-refractivity contribution in [2.45, 2.75) is 31.8 Å². The minimum absolute atomic E-state index is 0.814. The molecule has 16 heavy (non-hydrogen) atoms. The molecule has 4 rings (SSSR count). The molecule has 4 unspecified atom stereocenters. The Hall–Kier alpha value is -0.0300. The summed E-state index contributed by atoms with van der Waals surface area (Å²) < 4.78 is 6.57. The Bertz CT molecular complexity index is 400. The van der Waals surface area contributed by atoms with E-state index in [-0.39, 0.29) is 0 Å². The van der Waals surface area contributed by atoms with Gasteiger partial charge in [0, 0.05) is 6.04 Å². The molecular formula is C13H16INO. The molecule has 0 amide bonds. The van der Waals surface area contributed by atoms with Crippen molar-refractivity contribution in [3.63, 3.8) is 0 Å². The lowest BCUT2D eigenvalue weighted by Crippen LogP contribution is -2.22. The SMILES string of the molecule is Ic1ccc(CNC2C3C4CCC(C4)C23)o1. The highest BCUT2D eigenvalue weighted by Gasteiger charge is 2.64. The van der Waals surface area contributed by atoms with Crippen molar-refractivity contribution >= 4 is 22.6 Å². The van der Waals surface area contributed by atoms with Gasteiger partial charge < -0.3 is 9.73 Å². The monoisotopic (exact) mass is 329 g/mol. The van der Waals surface area contributed by atoms with Crippen LogP contribution in [0.1, 0.15) is 25.0 Å². The van der Waals surface area contributed by atoms with E-state index >= 15 is 0 Å². The molecule has 3 aliphatic rings. The van der Waals surface area contributed by atoms with E-state index in [0.717, 1.165) is 45.8 Å². The molecule has 86 valence electrons. The molecule has 2 bridgehead atoms. The van der Waals surface area contributed by atoms with Crippen LogP contribution in [-0.4, -0.2) is 6.04 Å². The van der Waals surface area contributed by atoms with E-state index in [2.05, 4.69) is 34.0 Å². The number of fused-ring (bicyclic) bond motifs is 5. The van der Waals surface area contributed by atoms with Crippen LogP contribution in [0.25, 0.3) is 0 Å². The summed E-state index contributed by atoms with van der Waals surface area (Å²) in [4.78, 5) is 0. The van der Waals surface area contributed by atoms with Gasteiger partial charge in [0.2, 0.25) is 0 Å². The van der Waals surface area contributed by atoms with Crippen molar-refractivity contribution in [3.8, 4) is 0 Å². The third-order valence-corrected chi connectivity index (χ3v) is 5.46. The van der Waals surface area contributed by atoms with E-state index in [9.17, 15) is 0 Å². The highest BCUT2D eigenvalue weighted by Crippen LogP contribution is 2.65. The van der Waals surface area contributed by atoms with Gasteiger partial charge in [-0.25, -0.2) is 0 Å². The molecule has 1 heterocycles. The van der Waals surface area contributed by atoms with Crippen LogP contribution in [0.2, 0.25) is 0 Å². The average Bonchev–Trinajstić information content (AvgIpc) is 2.70. The molecule has 1 aromatic heterocycles. The maximum Gasteiger partial charge on any atom is 0.164 e. The Morgan fingerprint density at radius 2 is 2.00 bits per heavy atom. The molecule has 3 saturated carbocycles. The Morgan fingerprint density at radius 1 is 1.25 bits per heavy atom. The summed E-state index contributed by atoms with van der Waals surface area (Å²) in [7, 11) is 0. The molecule has 0 radical (unpaired) electrons. The first-order valence-electron chi connectivity index (χ1n) is 6.30. The molecule has 0 saturated heterocycles. The molecular weight excluding hydrogens is 313 g/mol. The molecule has 3 aliphatic carbocycles. The van der Waals surface area contributed by atoms with Gasteiger partial charge >= 0.3 is 0 Å². The van der Waals surface area contributed by atoms with Crippen LogP contribution in [0.3, 0.4) is 0 Å². The maximum atomic E-state index is 5.58. The Labute approximate surface area is 109 Å². The van der Waals surface area contributed by atoms with Gasteiger partial charge in [-0.15, -0.1) is 0 Å². The lowest BCUT2D eigenvalue weighted by molar-refractivity contribution is 0.423. The van der Waals surface area contributed by atoms with Crippen molar-refractivity contribution in [2.75, 3.05) is 0 Å². The molecule has 1 N–H and O–H groups in total. The number of hydrogen-bond donors (Lipinski definition) is 1. The number of furan rings is 1. The van der Waals surface area contributed by atoms with Gasteiger partial charge in [0.1, 0.15) is 5.76 Å². The van der Waals surface area contributed by atoms with Crippen molar-refractivity contribution < 1.29 is 4.42 Å². The van der Waals surface area contributed by atoms with E-state index in [1.165, 1.54) is 19.3 Å².